The number of hydrogen-bond acceptors (Lipinski definition) is 3. The number of carboxylic acid groups (broad SMARTS) is 1. The van der Waals surface area contributed by atoms with Crippen molar-refractivity contribution in [3.63, 3.8) is 0 Å². The molecule has 0 aromatic carbocycles. The van der Waals surface area contributed by atoms with E-state index in [4.69, 9.17) is 16.7 Å². The van der Waals surface area contributed by atoms with Gasteiger partial charge < -0.3 is 14.6 Å². The van der Waals surface area contributed by atoms with E-state index in [2.05, 4.69) is 30.5 Å². The maximum Gasteiger partial charge on any atom is 0.407 e. The summed E-state index contributed by atoms with van der Waals surface area (Å²) in [5, 5.41) is 10.3. The highest BCUT2D eigenvalue weighted by Gasteiger charge is 2.22. The minimum absolute atomic E-state index is 0.449. The molecular weight excluding hydrogens is 372 g/mol. The summed E-state index contributed by atoms with van der Waals surface area (Å²) in [6.07, 6.45) is 5.48. The molecule has 2 aromatic heterocycles. The summed E-state index contributed by atoms with van der Waals surface area (Å²) in [6, 6.07) is 0. The van der Waals surface area contributed by atoms with E-state index in [1.165, 1.54) is 11.2 Å². The quantitative estimate of drug-likeness (QED) is 0.816. The molecule has 0 aliphatic carbocycles. The Bertz CT molecular complexity index is 697. The normalized spacial score (nSPS) is 16.4. The summed E-state index contributed by atoms with van der Waals surface area (Å²) >= 11 is 9.62. The standard InChI is InChI=1S/C14H16BrClN4O2/c15-10-7-20(13-11(10)12(16)17-8-18-13)6-3-9-1-4-19(5-2-9)14(21)22/h7-9H,1-6H2,(H,21,22). The number of piperidine rings is 1. The van der Waals surface area contributed by atoms with Crippen molar-refractivity contribution in [2.24, 2.45) is 5.92 Å². The van der Waals surface area contributed by atoms with Crippen molar-refractivity contribution < 1.29 is 9.90 Å². The monoisotopic (exact) mass is 386 g/mol. The fourth-order valence-electron chi connectivity index (χ4n) is 2.95. The molecule has 1 saturated heterocycles. The molecule has 22 heavy (non-hydrogen) atoms. The molecule has 1 amide bonds. The maximum atomic E-state index is 10.9. The molecule has 1 N–H and O–H groups in total. The minimum atomic E-state index is -0.815. The second-order valence-electron chi connectivity index (χ2n) is 5.54. The second kappa shape index (κ2) is 6.42. The van der Waals surface area contributed by atoms with Gasteiger partial charge in [-0.25, -0.2) is 14.8 Å². The van der Waals surface area contributed by atoms with Crippen LogP contribution in [0.5, 0.6) is 0 Å². The number of aryl methyl sites for hydroxylation is 1. The summed E-state index contributed by atoms with van der Waals surface area (Å²) in [5.74, 6) is 0.545. The number of likely N-dealkylation sites (tertiary alicyclic amines) is 1. The maximum absolute atomic E-state index is 10.9. The Morgan fingerprint density at radius 2 is 2.14 bits per heavy atom. The van der Waals surface area contributed by atoms with Crippen molar-refractivity contribution in [2.45, 2.75) is 25.8 Å². The molecule has 3 rings (SSSR count). The van der Waals surface area contributed by atoms with Gasteiger partial charge in [0.25, 0.3) is 0 Å². The molecule has 3 heterocycles. The third-order valence-corrected chi connectivity index (χ3v) is 5.11. The van der Waals surface area contributed by atoms with E-state index in [0.717, 1.165) is 41.3 Å². The fraction of sp³-hybridized carbons (Fsp3) is 0.500. The van der Waals surface area contributed by atoms with Crippen molar-refractivity contribution >= 4 is 44.7 Å². The van der Waals surface area contributed by atoms with E-state index in [-0.39, 0.29) is 0 Å². The zero-order chi connectivity index (χ0) is 15.7. The first kappa shape index (κ1) is 15.6. The molecule has 6 nitrogen and oxygen atoms in total. The zero-order valence-corrected chi connectivity index (χ0v) is 14.2. The van der Waals surface area contributed by atoms with Crippen molar-refractivity contribution in [1.82, 2.24) is 19.4 Å². The molecule has 0 radical (unpaired) electrons. The van der Waals surface area contributed by atoms with Gasteiger partial charge in [-0.1, -0.05) is 11.6 Å². The van der Waals surface area contributed by atoms with Crippen LogP contribution in [0.2, 0.25) is 5.15 Å². The average molecular weight is 388 g/mol. The summed E-state index contributed by atoms with van der Waals surface area (Å²) in [7, 11) is 0. The first-order chi connectivity index (χ1) is 10.6. The first-order valence-electron chi connectivity index (χ1n) is 7.19. The molecule has 1 fully saturated rings. The molecule has 0 unspecified atom stereocenters. The second-order valence-corrected chi connectivity index (χ2v) is 6.75. The number of hydrogen-bond donors (Lipinski definition) is 1. The van der Waals surface area contributed by atoms with Crippen LogP contribution in [0.15, 0.2) is 17.0 Å². The van der Waals surface area contributed by atoms with Gasteiger partial charge in [-0.3, -0.25) is 0 Å². The van der Waals surface area contributed by atoms with Crippen LogP contribution in [-0.2, 0) is 6.54 Å². The zero-order valence-electron chi connectivity index (χ0n) is 11.9. The highest BCUT2D eigenvalue weighted by molar-refractivity contribution is 9.10. The number of rotatable bonds is 3. The lowest BCUT2D eigenvalue weighted by Gasteiger charge is -2.30. The summed E-state index contributed by atoms with van der Waals surface area (Å²) in [4.78, 5) is 20.7. The first-order valence-corrected chi connectivity index (χ1v) is 8.36. The molecule has 8 heteroatoms. The van der Waals surface area contributed by atoms with E-state index >= 15 is 0 Å². The Hall–Kier alpha value is -1.34. The number of amides is 1. The Morgan fingerprint density at radius 1 is 1.41 bits per heavy atom. The average Bonchev–Trinajstić information content (AvgIpc) is 2.83. The van der Waals surface area contributed by atoms with Crippen LogP contribution in [0.3, 0.4) is 0 Å². The predicted molar refractivity (Wildman–Crippen MR) is 87.2 cm³/mol. The number of fused-ring (bicyclic) bond motifs is 1. The van der Waals surface area contributed by atoms with E-state index in [0.29, 0.717) is 24.2 Å². The molecule has 1 aliphatic rings. The van der Waals surface area contributed by atoms with Gasteiger partial charge in [-0.15, -0.1) is 0 Å². The van der Waals surface area contributed by atoms with Gasteiger partial charge >= 0.3 is 6.09 Å². The molecular formula is C14H16BrClN4O2. The highest BCUT2D eigenvalue weighted by atomic mass is 79.9. The van der Waals surface area contributed by atoms with Crippen LogP contribution in [0.4, 0.5) is 4.79 Å². The van der Waals surface area contributed by atoms with Gasteiger partial charge in [0.1, 0.15) is 17.1 Å². The number of carbonyl (C=O) groups is 1. The van der Waals surface area contributed by atoms with Crippen LogP contribution >= 0.6 is 27.5 Å². The van der Waals surface area contributed by atoms with Gasteiger partial charge in [0, 0.05) is 30.3 Å². The van der Waals surface area contributed by atoms with E-state index in [1.54, 1.807) is 0 Å². The summed E-state index contributed by atoms with van der Waals surface area (Å²) in [5.41, 5.74) is 0.829. The molecule has 0 saturated carbocycles. The Kier molecular flexibility index (Phi) is 4.54. The highest BCUT2D eigenvalue weighted by Crippen LogP contribution is 2.30. The van der Waals surface area contributed by atoms with E-state index in [1.807, 2.05) is 6.20 Å². The van der Waals surface area contributed by atoms with Crippen molar-refractivity contribution in [1.29, 1.82) is 0 Å². The van der Waals surface area contributed by atoms with Crippen LogP contribution in [0.1, 0.15) is 19.3 Å². The third-order valence-electron chi connectivity index (χ3n) is 4.22. The van der Waals surface area contributed by atoms with Crippen molar-refractivity contribution in [2.75, 3.05) is 13.1 Å². The Labute approximate surface area is 141 Å². The van der Waals surface area contributed by atoms with E-state index < -0.39 is 6.09 Å². The van der Waals surface area contributed by atoms with Crippen LogP contribution < -0.4 is 0 Å². The fourth-order valence-corrected chi connectivity index (χ4v) is 3.90. The lowest BCUT2D eigenvalue weighted by atomic mass is 9.94. The topological polar surface area (TPSA) is 71.2 Å². The summed E-state index contributed by atoms with van der Waals surface area (Å²) in [6.45, 7) is 2.10. The Balaban J connectivity index is 1.66. The SMILES string of the molecule is O=C(O)N1CCC(CCn2cc(Br)c3c(Cl)ncnc32)CC1. The lowest BCUT2D eigenvalue weighted by molar-refractivity contribution is 0.122. The molecule has 1 aliphatic heterocycles. The largest absolute Gasteiger partial charge is 0.465 e. The van der Waals surface area contributed by atoms with Gasteiger partial charge in [0.2, 0.25) is 0 Å². The van der Waals surface area contributed by atoms with Crippen molar-refractivity contribution in [3.8, 4) is 0 Å². The van der Waals surface area contributed by atoms with Crippen LogP contribution in [0, 0.1) is 5.92 Å². The van der Waals surface area contributed by atoms with Gasteiger partial charge in [-0.05, 0) is 41.1 Å². The molecule has 0 spiro atoms. The molecule has 118 valence electrons. The smallest absolute Gasteiger partial charge is 0.407 e. The molecule has 0 bridgehead atoms. The van der Waals surface area contributed by atoms with Crippen molar-refractivity contribution in [3.05, 3.63) is 22.1 Å². The summed E-state index contributed by atoms with van der Waals surface area (Å²) < 4.78 is 2.98. The minimum Gasteiger partial charge on any atom is -0.465 e. The van der Waals surface area contributed by atoms with E-state index in [9.17, 15) is 4.79 Å². The third kappa shape index (κ3) is 3.05. The van der Waals surface area contributed by atoms with Gasteiger partial charge in [-0.2, -0.15) is 0 Å². The lowest BCUT2D eigenvalue weighted by Crippen LogP contribution is -2.37. The molecule has 2 aromatic rings. The number of aromatic nitrogens is 3. The number of nitrogens with zero attached hydrogens (tertiary/aromatic N) is 4. The number of halogens is 2. The molecule has 0 atom stereocenters. The predicted octanol–water partition coefficient (Wildman–Crippen LogP) is 3.63. The van der Waals surface area contributed by atoms with Gasteiger partial charge in [0.15, 0.2) is 0 Å². The Morgan fingerprint density at radius 3 is 2.82 bits per heavy atom. The van der Waals surface area contributed by atoms with Crippen LogP contribution in [-0.4, -0.2) is 43.7 Å². The van der Waals surface area contributed by atoms with Crippen LogP contribution in [0.25, 0.3) is 11.0 Å². The van der Waals surface area contributed by atoms with Gasteiger partial charge in [0.05, 0.1) is 5.39 Å².